The Morgan fingerprint density at radius 2 is 2.09 bits per heavy atom. The Balaban J connectivity index is 2.12. The summed E-state index contributed by atoms with van der Waals surface area (Å²) < 4.78 is 5.61. The third kappa shape index (κ3) is 4.47. The van der Waals surface area contributed by atoms with Crippen LogP contribution in [0, 0.1) is 18.3 Å². The van der Waals surface area contributed by atoms with Crippen LogP contribution in [0.15, 0.2) is 30.0 Å². The molecule has 1 N–H and O–H groups in total. The minimum Gasteiger partial charge on any atom is -0.372 e. The molecule has 1 aromatic rings. The lowest BCUT2D eigenvalue weighted by Crippen LogP contribution is -2.48. The first kappa shape index (κ1) is 17.3. The number of carbonyl (C=O) groups excluding carboxylic acids is 1. The van der Waals surface area contributed by atoms with Crippen LogP contribution >= 0.6 is 11.6 Å². The Bertz CT molecular complexity index is 656. The molecule has 0 saturated carbocycles. The zero-order valence-corrected chi connectivity index (χ0v) is 14.2. The van der Waals surface area contributed by atoms with Gasteiger partial charge in [0.1, 0.15) is 11.6 Å². The number of carbonyl (C=O) groups is 1. The van der Waals surface area contributed by atoms with E-state index in [9.17, 15) is 10.1 Å². The lowest BCUT2D eigenvalue weighted by Gasteiger charge is -2.35. The second kappa shape index (κ2) is 7.49. The largest absolute Gasteiger partial charge is 0.372 e. The van der Waals surface area contributed by atoms with Gasteiger partial charge in [0.25, 0.3) is 5.91 Å². The number of aryl methyl sites for hydroxylation is 1. The molecule has 0 radical (unpaired) electrons. The standard InChI is InChI=1S/C17H20ClN3O2/c1-11-6-15(18)4-5-16(11)20-8-14(7-19)17(22)21-9-12(2)23-13(3)10-21/h4-6,8,12-13,20H,9-10H2,1-3H3/b14-8-. The topological polar surface area (TPSA) is 65.4 Å². The van der Waals surface area contributed by atoms with Crippen LogP contribution in [0.1, 0.15) is 19.4 Å². The van der Waals surface area contributed by atoms with Crippen LogP contribution in [0.25, 0.3) is 0 Å². The summed E-state index contributed by atoms with van der Waals surface area (Å²) in [6.45, 7) is 6.72. The summed E-state index contributed by atoms with van der Waals surface area (Å²) in [5.74, 6) is -0.284. The van der Waals surface area contributed by atoms with Crippen molar-refractivity contribution in [3.63, 3.8) is 0 Å². The third-order valence-corrected chi connectivity index (χ3v) is 3.85. The van der Waals surface area contributed by atoms with Crippen molar-refractivity contribution in [3.8, 4) is 6.07 Å². The average Bonchev–Trinajstić information content (AvgIpc) is 2.48. The van der Waals surface area contributed by atoms with Gasteiger partial charge in [-0.2, -0.15) is 5.26 Å². The van der Waals surface area contributed by atoms with Crippen molar-refractivity contribution >= 4 is 23.2 Å². The molecule has 5 nitrogen and oxygen atoms in total. The highest BCUT2D eigenvalue weighted by molar-refractivity contribution is 6.30. The van der Waals surface area contributed by atoms with Gasteiger partial charge in [0.15, 0.2) is 0 Å². The molecule has 0 aromatic heterocycles. The van der Waals surface area contributed by atoms with Crippen molar-refractivity contribution in [2.24, 2.45) is 0 Å². The number of amides is 1. The fraction of sp³-hybridized carbons (Fsp3) is 0.412. The van der Waals surface area contributed by atoms with E-state index >= 15 is 0 Å². The smallest absolute Gasteiger partial charge is 0.266 e. The van der Waals surface area contributed by atoms with Gasteiger partial charge in [-0.05, 0) is 44.5 Å². The molecule has 0 bridgehead atoms. The first-order chi connectivity index (χ1) is 10.9. The fourth-order valence-corrected chi connectivity index (χ4v) is 2.82. The molecule has 2 unspecified atom stereocenters. The van der Waals surface area contributed by atoms with E-state index in [0.717, 1.165) is 11.3 Å². The minimum absolute atomic E-state index is 0.0332. The van der Waals surface area contributed by atoms with Gasteiger partial charge in [-0.3, -0.25) is 4.79 Å². The first-order valence-corrected chi connectivity index (χ1v) is 7.86. The Hall–Kier alpha value is -2.03. The van der Waals surface area contributed by atoms with Gasteiger partial charge in [0.2, 0.25) is 0 Å². The van der Waals surface area contributed by atoms with E-state index in [4.69, 9.17) is 16.3 Å². The Kier molecular flexibility index (Phi) is 5.64. The summed E-state index contributed by atoms with van der Waals surface area (Å²) in [4.78, 5) is 14.2. The van der Waals surface area contributed by atoms with Crippen LogP contribution in [0.2, 0.25) is 5.02 Å². The first-order valence-electron chi connectivity index (χ1n) is 7.48. The summed E-state index contributed by atoms with van der Waals surface area (Å²) >= 11 is 5.92. The van der Waals surface area contributed by atoms with Gasteiger partial charge in [-0.1, -0.05) is 11.6 Å². The number of morpholine rings is 1. The van der Waals surface area contributed by atoms with Crippen LogP contribution in [0.5, 0.6) is 0 Å². The molecule has 1 aromatic carbocycles. The van der Waals surface area contributed by atoms with Crippen LogP contribution in [0.3, 0.4) is 0 Å². The number of anilines is 1. The maximum atomic E-state index is 12.5. The molecule has 23 heavy (non-hydrogen) atoms. The molecule has 1 amide bonds. The summed E-state index contributed by atoms with van der Waals surface area (Å²) in [7, 11) is 0. The zero-order valence-electron chi connectivity index (χ0n) is 13.5. The highest BCUT2D eigenvalue weighted by atomic mass is 35.5. The van der Waals surface area contributed by atoms with Crippen molar-refractivity contribution in [1.82, 2.24) is 4.90 Å². The van der Waals surface area contributed by atoms with Crippen molar-refractivity contribution in [3.05, 3.63) is 40.6 Å². The number of hydrogen-bond acceptors (Lipinski definition) is 4. The van der Waals surface area contributed by atoms with Crippen molar-refractivity contribution in [2.75, 3.05) is 18.4 Å². The summed E-state index contributed by atoms with van der Waals surface area (Å²) in [5, 5.41) is 12.9. The number of nitrogens with zero attached hydrogens (tertiary/aromatic N) is 2. The van der Waals surface area contributed by atoms with Gasteiger partial charge in [0, 0.05) is 30.0 Å². The van der Waals surface area contributed by atoms with Crippen LogP contribution in [0.4, 0.5) is 5.69 Å². The number of halogens is 1. The predicted octanol–water partition coefficient (Wildman–Crippen LogP) is 3.10. The van der Waals surface area contributed by atoms with Gasteiger partial charge >= 0.3 is 0 Å². The molecule has 1 aliphatic heterocycles. The van der Waals surface area contributed by atoms with Crippen molar-refractivity contribution < 1.29 is 9.53 Å². The molecule has 2 atom stereocenters. The lowest BCUT2D eigenvalue weighted by atomic mass is 10.1. The highest BCUT2D eigenvalue weighted by Gasteiger charge is 2.27. The van der Waals surface area contributed by atoms with E-state index in [2.05, 4.69) is 5.32 Å². The Labute approximate surface area is 141 Å². The molecule has 1 saturated heterocycles. The van der Waals surface area contributed by atoms with Gasteiger partial charge < -0.3 is 15.0 Å². The number of nitrogens with one attached hydrogen (secondary N) is 1. The normalized spacial score (nSPS) is 21.7. The third-order valence-electron chi connectivity index (χ3n) is 3.62. The average molecular weight is 334 g/mol. The van der Waals surface area contributed by atoms with Crippen LogP contribution in [-0.4, -0.2) is 36.1 Å². The number of ether oxygens (including phenoxy) is 1. The molecule has 1 fully saturated rings. The zero-order chi connectivity index (χ0) is 17.0. The maximum Gasteiger partial charge on any atom is 0.266 e. The van der Waals surface area contributed by atoms with E-state index in [-0.39, 0.29) is 23.7 Å². The number of nitriles is 1. The highest BCUT2D eigenvalue weighted by Crippen LogP contribution is 2.20. The SMILES string of the molecule is Cc1cc(Cl)ccc1N/C=C(/C#N)C(=O)N1CC(C)OC(C)C1. The van der Waals surface area contributed by atoms with Crippen LogP contribution in [-0.2, 0) is 9.53 Å². The van der Waals surface area contributed by atoms with E-state index in [1.807, 2.05) is 39.0 Å². The molecule has 0 aliphatic carbocycles. The molecule has 0 spiro atoms. The van der Waals surface area contributed by atoms with Crippen molar-refractivity contribution in [1.29, 1.82) is 5.26 Å². The predicted molar refractivity (Wildman–Crippen MR) is 90.1 cm³/mol. The molecule has 6 heteroatoms. The van der Waals surface area contributed by atoms with Crippen LogP contribution < -0.4 is 5.32 Å². The molecule has 1 aliphatic rings. The second-order valence-corrected chi connectivity index (χ2v) is 6.18. The summed E-state index contributed by atoms with van der Waals surface area (Å²) in [5.41, 5.74) is 1.81. The molecule has 1 heterocycles. The lowest BCUT2D eigenvalue weighted by molar-refractivity contribution is -0.138. The molecular weight excluding hydrogens is 314 g/mol. The van der Waals surface area contributed by atoms with E-state index in [1.165, 1.54) is 6.20 Å². The van der Waals surface area contributed by atoms with E-state index in [0.29, 0.717) is 18.1 Å². The second-order valence-electron chi connectivity index (χ2n) is 5.74. The molecule has 122 valence electrons. The van der Waals surface area contributed by atoms with Gasteiger partial charge in [-0.15, -0.1) is 0 Å². The maximum absolute atomic E-state index is 12.5. The number of rotatable bonds is 3. The Morgan fingerprint density at radius 3 is 2.65 bits per heavy atom. The Morgan fingerprint density at radius 1 is 1.43 bits per heavy atom. The fourth-order valence-electron chi connectivity index (χ4n) is 2.59. The monoisotopic (exact) mass is 333 g/mol. The van der Waals surface area contributed by atoms with Gasteiger partial charge in [0.05, 0.1) is 12.2 Å². The number of hydrogen-bond donors (Lipinski definition) is 1. The van der Waals surface area contributed by atoms with E-state index < -0.39 is 0 Å². The van der Waals surface area contributed by atoms with Crippen molar-refractivity contribution in [2.45, 2.75) is 33.0 Å². The summed E-state index contributed by atoms with van der Waals surface area (Å²) in [6.07, 6.45) is 1.38. The van der Waals surface area contributed by atoms with E-state index in [1.54, 1.807) is 11.0 Å². The molecular formula is C17H20ClN3O2. The number of benzene rings is 1. The minimum atomic E-state index is -0.284. The quantitative estimate of drug-likeness (QED) is 0.682. The summed E-state index contributed by atoms with van der Waals surface area (Å²) in [6, 6.07) is 7.35. The van der Waals surface area contributed by atoms with Gasteiger partial charge in [-0.25, -0.2) is 0 Å². The molecule has 2 rings (SSSR count).